The number of rotatable bonds is 0. The Morgan fingerprint density at radius 1 is 0.625 bits per heavy atom. The summed E-state index contributed by atoms with van der Waals surface area (Å²) >= 11 is 19.2. The fourth-order valence-electron chi connectivity index (χ4n) is 0. The molecule has 0 N–H and O–H groups in total. The molecule has 0 unspecified atom stereocenters. The van der Waals surface area contributed by atoms with Gasteiger partial charge in [0.1, 0.15) is 0 Å². The smallest absolute Gasteiger partial charge is 0.0713 e. The predicted octanol–water partition coefficient (Wildman–Crippen LogP) is 4.79. The van der Waals surface area contributed by atoms with Crippen molar-refractivity contribution in [1.29, 1.82) is 0 Å². The van der Waals surface area contributed by atoms with Crippen molar-refractivity contribution < 1.29 is 0 Å². The van der Waals surface area contributed by atoms with E-state index in [1.165, 1.54) is 0 Å². The zero-order valence-corrected chi connectivity index (χ0v) is 9.99. The Morgan fingerprint density at radius 3 is 0.625 bits per heavy atom. The number of hydrogen-bond donors (Lipinski definition) is 0. The number of halogens is 6. The lowest BCUT2D eigenvalue weighted by Gasteiger charge is -1.42. The molecule has 0 bridgehead atoms. The van der Waals surface area contributed by atoms with Gasteiger partial charge in [0.2, 0.25) is 0 Å². The molecular formula is H4Cl6P2. The van der Waals surface area contributed by atoms with Gasteiger partial charge in [0.25, 0.3) is 0 Å². The van der Waals surface area contributed by atoms with Gasteiger partial charge in [-0.2, -0.15) is 0 Å². The van der Waals surface area contributed by atoms with Gasteiger partial charge in [-0.25, -0.2) is 0 Å². The molecule has 0 nitrogen and oxygen atoms in total. The molecule has 0 radical (unpaired) electrons. The van der Waals surface area contributed by atoms with Crippen LogP contribution in [0.4, 0.5) is 0 Å². The largest absolute Gasteiger partial charge is 0.147 e. The summed E-state index contributed by atoms with van der Waals surface area (Å²) in [4.78, 5) is 0. The van der Waals surface area contributed by atoms with Crippen LogP contribution in [0.25, 0.3) is 0 Å². The highest BCUT2D eigenvalue weighted by atomic mass is 35.9. The van der Waals surface area contributed by atoms with E-state index in [1.807, 2.05) is 0 Å². The van der Waals surface area contributed by atoms with Gasteiger partial charge in [0.15, 0.2) is 0 Å². The Kier molecular flexibility index (Phi) is 94.1. The molecule has 0 aliphatic rings. The summed E-state index contributed by atoms with van der Waals surface area (Å²) in [6.07, 6.45) is 0. The van der Waals surface area contributed by atoms with Gasteiger partial charge in [-0.1, -0.05) is 45.0 Å². The Labute approximate surface area is 83.9 Å². The summed E-state index contributed by atoms with van der Waals surface area (Å²) in [6.45, 7) is 0. The lowest BCUT2D eigenvalue weighted by molar-refractivity contribution is 4.88. The van der Waals surface area contributed by atoms with Crippen LogP contribution in [0.5, 0.6) is 0 Å². The second-order valence-corrected chi connectivity index (χ2v) is 3.86. The van der Waals surface area contributed by atoms with Crippen molar-refractivity contribution in [2.24, 2.45) is 0 Å². The maximum atomic E-state index is 4.79. The Bertz CT molecular complexity index is 8.49. The highest BCUT2D eigenvalue weighted by molar-refractivity contribution is 7.90. The van der Waals surface area contributed by atoms with Gasteiger partial charge in [0, 0.05) is 0 Å². The van der Waals surface area contributed by atoms with Crippen LogP contribution in [0.1, 0.15) is 0 Å². The van der Waals surface area contributed by atoms with Crippen LogP contribution in [0.3, 0.4) is 0 Å². The van der Waals surface area contributed by atoms with Crippen LogP contribution < -0.4 is 0 Å². The molecule has 0 saturated carbocycles. The van der Waals surface area contributed by atoms with Crippen molar-refractivity contribution in [3.05, 3.63) is 0 Å². The van der Waals surface area contributed by atoms with E-state index in [0.717, 1.165) is 0 Å². The van der Waals surface area contributed by atoms with E-state index in [9.17, 15) is 0 Å². The second kappa shape index (κ2) is 33.6. The van der Waals surface area contributed by atoms with Crippen molar-refractivity contribution in [1.82, 2.24) is 0 Å². The Hall–Kier alpha value is 2.60. The lowest BCUT2D eigenvalue weighted by atomic mass is 30.6. The Morgan fingerprint density at radius 2 is 0.625 bits per heavy atom. The lowest BCUT2D eigenvalue weighted by Crippen LogP contribution is -0.641. The molecule has 0 atom stereocenters. The molecule has 0 aromatic carbocycles. The maximum absolute atomic E-state index is 4.79. The first kappa shape index (κ1) is 22.4. The van der Waals surface area contributed by atoms with Gasteiger partial charge in [0.05, 0.1) is 14.6 Å². The maximum Gasteiger partial charge on any atom is 0.0713 e. The van der Waals surface area contributed by atoms with Gasteiger partial charge < -0.3 is 0 Å². The van der Waals surface area contributed by atoms with E-state index in [2.05, 4.69) is 0 Å². The van der Waals surface area contributed by atoms with Crippen molar-refractivity contribution in [3.8, 4) is 0 Å². The van der Waals surface area contributed by atoms with Crippen LogP contribution >= 0.6 is 84.3 Å². The predicted molar refractivity (Wildman–Crippen MR) is 54.5 cm³/mol. The molecule has 0 amide bonds. The van der Waals surface area contributed by atoms with Crippen LogP contribution in [0.15, 0.2) is 0 Å². The van der Waals surface area contributed by atoms with Crippen LogP contribution in [0.2, 0.25) is 0 Å². The summed E-state index contributed by atoms with van der Waals surface area (Å²) < 4.78 is 0. The van der Waals surface area contributed by atoms with E-state index in [1.54, 1.807) is 0 Å². The molecule has 0 saturated heterocycles. The molecule has 0 fully saturated rings. The third-order valence-corrected chi connectivity index (χ3v) is 0. The summed E-state index contributed by atoms with van der Waals surface area (Å²) in [5.41, 5.74) is 0. The normalized spacial score (nSPS) is 4.50. The molecule has 8 heavy (non-hydrogen) atoms. The molecular weight excluding hydrogens is 275 g/mol. The van der Waals surface area contributed by atoms with E-state index < -0.39 is 0 Å². The zero-order valence-electron chi connectivity index (χ0n) is 3.33. The minimum atomic E-state index is 0. The monoisotopic (exact) mass is 276 g/mol. The molecule has 56 valence electrons. The van der Waals surface area contributed by atoms with Crippen LogP contribution in [-0.2, 0) is 0 Å². The fraction of sp³-hybridized carbons (Fsp3) is 0. The van der Waals surface area contributed by atoms with E-state index in [0.29, 0.717) is 0 Å². The standard InChI is InChI=1S/2Cl2HP.2ClH/c2*1-3-2;;/h2*3H;2*1H. The average molecular weight is 279 g/mol. The summed E-state index contributed by atoms with van der Waals surface area (Å²) in [5.74, 6) is 0. The van der Waals surface area contributed by atoms with Crippen LogP contribution in [-0.4, -0.2) is 0 Å². The second-order valence-electron chi connectivity index (χ2n) is 0.143. The molecule has 0 aliphatic heterocycles. The molecule has 0 rings (SSSR count). The van der Waals surface area contributed by atoms with Crippen molar-refractivity contribution >= 4 is 84.3 Å². The quantitative estimate of drug-likeness (QED) is 0.559. The topological polar surface area (TPSA) is 0 Å². The van der Waals surface area contributed by atoms with E-state index in [-0.39, 0.29) is 39.4 Å². The first-order chi connectivity index (χ1) is 2.83. The van der Waals surface area contributed by atoms with E-state index in [4.69, 9.17) is 45.0 Å². The molecule has 0 heterocycles. The highest BCUT2D eigenvalue weighted by Crippen LogP contribution is 2.20. The van der Waals surface area contributed by atoms with E-state index >= 15 is 0 Å². The molecule has 8 heteroatoms. The Balaban J connectivity index is -0.0000000160. The SMILES string of the molecule is Cl.Cl.ClPCl.ClPCl. The first-order valence-electron chi connectivity index (χ1n) is 0.756. The minimum absolute atomic E-state index is 0. The zero-order chi connectivity index (χ0) is 5.41. The summed E-state index contributed by atoms with van der Waals surface area (Å²) in [7, 11) is 0.0556. The average Bonchev–Trinajstić information content (AvgIpc) is 1.39. The third-order valence-electron chi connectivity index (χ3n) is 0. The summed E-state index contributed by atoms with van der Waals surface area (Å²) in [6, 6.07) is 0. The number of hydrogen-bond acceptors (Lipinski definition) is 0. The van der Waals surface area contributed by atoms with Gasteiger partial charge >= 0.3 is 0 Å². The molecule has 0 aromatic rings. The molecule has 0 aromatic heterocycles. The van der Waals surface area contributed by atoms with Crippen molar-refractivity contribution in [2.75, 3.05) is 0 Å². The van der Waals surface area contributed by atoms with Gasteiger partial charge in [-0.3, -0.25) is 0 Å². The molecule has 0 aliphatic carbocycles. The summed E-state index contributed by atoms with van der Waals surface area (Å²) in [5, 5.41) is 0. The third kappa shape index (κ3) is 73.5. The first-order valence-corrected chi connectivity index (χ1v) is 6.80. The minimum Gasteiger partial charge on any atom is -0.147 e. The van der Waals surface area contributed by atoms with Crippen LogP contribution in [0, 0.1) is 0 Å². The highest BCUT2D eigenvalue weighted by Gasteiger charge is 1.41. The molecule has 0 spiro atoms. The fourth-order valence-corrected chi connectivity index (χ4v) is 0. The van der Waals surface area contributed by atoms with Gasteiger partial charge in [-0.05, 0) is 0 Å². The van der Waals surface area contributed by atoms with Crippen molar-refractivity contribution in [2.45, 2.75) is 0 Å². The van der Waals surface area contributed by atoms with Gasteiger partial charge in [-0.15, -0.1) is 24.8 Å². The van der Waals surface area contributed by atoms with Crippen molar-refractivity contribution in [3.63, 3.8) is 0 Å².